The highest BCUT2D eigenvalue weighted by Crippen LogP contribution is 2.28. The number of halogens is 2. The Morgan fingerprint density at radius 1 is 1.14 bits per heavy atom. The maximum Gasteiger partial charge on any atom is 0.169 e. The summed E-state index contributed by atoms with van der Waals surface area (Å²) in [6.07, 6.45) is 2.45. The molecule has 0 fully saturated rings. The number of para-hydroxylation sites is 1. The first-order valence-electron chi connectivity index (χ1n) is 8.28. The number of rotatable bonds is 3. The summed E-state index contributed by atoms with van der Waals surface area (Å²) in [4.78, 5) is 12.6. The van der Waals surface area contributed by atoms with Gasteiger partial charge in [0.1, 0.15) is 40.6 Å². The van der Waals surface area contributed by atoms with Crippen LogP contribution in [0.15, 0.2) is 36.7 Å². The zero-order valence-electron chi connectivity index (χ0n) is 14.9. The monoisotopic (exact) mass is 377 g/mol. The average molecular weight is 377 g/mol. The summed E-state index contributed by atoms with van der Waals surface area (Å²) in [6, 6.07) is 7.74. The van der Waals surface area contributed by atoms with E-state index in [2.05, 4.69) is 25.4 Å². The molecule has 138 valence electrons. The fraction of sp³-hybridized carbons (Fsp3) is 0.105. The van der Waals surface area contributed by atoms with Crippen LogP contribution in [0, 0.1) is 36.8 Å². The highest BCUT2D eigenvalue weighted by atomic mass is 19.1. The summed E-state index contributed by atoms with van der Waals surface area (Å²) in [6.45, 7) is 3.58. The zero-order chi connectivity index (χ0) is 19.8. The zero-order valence-corrected chi connectivity index (χ0v) is 14.9. The van der Waals surface area contributed by atoms with Gasteiger partial charge in [-0.3, -0.25) is 0 Å². The predicted octanol–water partition coefficient (Wildman–Crippen LogP) is 3.72. The second kappa shape index (κ2) is 6.66. The van der Waals surface area contributed by atoms with Crippen molar-refractivity contribution in [3.05, 3.63) is 65.4 Å². The van der Waals surface area contributed by atoms with Crippen LogP contribution in [0.5, 0.6) is 0 Å². The van der Waals surface area contributed by atoms with E-state index in [0.29, 0.717) is 22.8 Å². The Balaban J connectivity index is 1.88. The molecule has 4 aromatic rings. The molecule has 0 saturated heterocycles. The highest BCUT2D eigenvalue weighted by Gasteiger charge is 2.17. The van der Waals surface area contributed by atoms with E-state index in [4.69, 9.17) is 0 Å². The van der Waals surface area contributed by atoms with Crippen LogP contribution in [-0.2, 0) is 0 Å². The van der Waals surface area contributed by atoms with Gasteiger partial charge in [-0.05, 0) is 26.0 Å². The minimum atomic E-state index is -0.663. The Morgan fingerprint density at radius 2 is 1.96 bits per heavy atom. The lowest BCUT2D eigenvalue weighted by atomic mass is 10.2. The standard InChI is InChI=1S/C19H13F2N7/c1-10-6-16(25-11(2)24-10)26-19-13-9-28(27-17(13)15(21)8-23-19)18-12(7-22)4-3-5-14(18)20/h3-6,8-9H,1-2H3,(H,23,24,25,26). The Kier molecular flexibility index (Phi) is 4.16. The number of aryl methyl sites for hydroxylation is 2. The van der Waals surface area contributed by atoms with E-state index in [1.165, 1.54) is 24.4 Å². The van der Waals surface area contributed by atoms with Gasteiger partial charge in [0.25, 0.3) is 0 Å². The van der Waals surface area contributed by atoms with Gasteiger partial charge in [0.2, 0.25) is 0 Å². The lowest BCUT2D eigenvalue weighted by Gasteiger charge is -2.07. The molecule has 9 heteroatoms. The Hall–Kier alpha value is -3.93. The molecule has 0 aliphatic heterocycles. The van der Waals surface area contributed by atoms with Crippen LogP contribution in [-0.4, -0.2) is 24.7 Å². The third kappa shape index (κ3) is 3.01. The normalized spacial score (nSPS) is 10.8. The van der Waals surface area contributed by atoms with Crippen molar-refractivity contribution in [2.24, 2.45) is 0 Å². The minimum Gasteiger partial charge on any atom is -0.324 e. The molecule has 1 N–H and O–H groups in total. The largest absolute Gasteiger partial charge is 0.324 e. The number of nitrogens with one attached hydrogen (secondary N) is 1. The molecule has 3 aromatic heterocycles. The van der Waals surface area contributed by atoms with Crippen molar-refractivity contribution in [3.8, 4) is 11.8 Å². The second-order valence-electron chi connectivity index (χ2n) is 6.11. The van der Waals surface area contributed by atoms with Crippen LogP contribution in [0.3, 0.4) is 0 Å². The number of anilines is 2. The molecule has 0 bridgehead atoms. The fourth-order valence-corrected chi connectivity index (χ4v) is 2.93. The van der Waals surface area contributed by atoms with E-state index in [-0.39, 0.29) is 16.8 Å². The van der Waals surface area contributed by atoms with Gasteiger partial charge in [-0.25, -0.2) is 28.4 Å². The summed E-state index contributed by atoms with van der Waals surface area (Å²) < 4.78 is 29.8. The number of benzene rings is 1. The lowest BCUT2D eigenvalue weighted by molar-refractivity contribution is 0.608. The summed E-state index contributed by atoms with van der Waals surface area (Å²) in [7, 11) is 0. The first-order valence-corrected chi connectivity index (χ1v) is 8.28. The van der Waals surface area contributed by atoms with E-state index in [1.807, 2.05) is 13.0 Å². The topological polar surface area (TPSA) is 92.3 Å². The quantitative estimate of drug-likeness (QED) is 0.585. The molecule has 0 unspecified atom stereocenters. The van der Waals surface area contributed by atoms with Crippen LogP contribution in [0.25, 0.3) is 16.6 Å². The lowest BCUT2D eigenvalue weighted by Crippen LogP contribution is -2.01. The first-order chi connectivity index (χ1) is 13.5. The molecule has 7 nitrogen and oxygen atoms in total. The van der Waals surface area contributed by atoms with E-state index in [0.717, 1.165) is 16.6 Å². The summed E-state index contributed by atoms with van der Waals surface area (Å²) in [5.41, 5.74) is 0.777. The third-order valence-corrected chi connectivity index (χ3v) is 4.05. The van der Waals surface area contributed by atoms with Crippen molar-refractivity contribution in [1.82, 2.24) is 24.7 Å². The molecule has 0 aliphatic rings. The number of fused-ring (bicyclic) bond motifs is 1. The number of pyridine rings is 1. The van der Waals surface area contributed by atoms with Gasteiger partial charge >= 0.3 is 0 Å². The van der Waals surface area contributed by atoms with E-state index >= 15 is 0 Å². The van der Waals surface area contributed by atoms with Crippen molar-refractivity contribution in [1.29, 1.82) is 5.26 Å². The molecule has 4 rings (SSSR count). The Bertz CT molecular complexity index is 1240. The van der Waals surface area contributed by atoms with Crippen LogP contribution in [0.2, 0.25) is 0 Å². The third-order valence-electron chi connectivity index (χ3n) is 4.05. The molecule has 0 spiro atoms. The maximum atomic E-state index is 14.3. The van der Waals surface area contributed by atoms with Crippen LogP contribution in [0.1, 0.15) is 17.1 Å². The van der Waals surface area contributed by atoms with Gasteiger partial charge < -0.3 is 5.32 Å². The summed E-state index contributed by atoms with van der Waals surface area (Å²) >= 11 is 0. The molecular weight excluding hydrogens is 364 g/mol. The molecule has 0 saturated carbocycles. The van der Waals surface area contributed by atoms with Gasteiger partial charge in [0.15, 0.2) is 5.82 Å². The SMILES string of the molecule is Cc1cc(Nc2ncc(F)c3nn(-c4c(F)cccc4C#N)cc23)nc(C)n1. The average Bonchev–Trinajstić information content (AvgIpc) is 3.09. The first kappa shape index (κ1) is 17.5. The maximum absolute atomic E-state index is 14.3. The Morgan fingerprint density at radius 3 is 2.71 bits per heavy atom. The smallest absolute Gasteiger partial charge is 0.169 e. The van der Waals surface area contributed by atoms with Crippen molar-refractivity contribution >= 4 is 22.5 Å². The van der Waals surface area contributed by atoms with Gasteiger partial charge in [-0.2, -0.15) is 10.4 Å². The molecule has 28 heavy (non-hydrogen) atoms. The minimum absolute atomic E-state index is 0.00728. The van der Waals surface area contributed by atoms with E-state index < -0.39 is 11.6 Å². The summed E-state index contributed by atoms with van der Waals surface area (Å²) in [5.74, 6) is 0.0549. The van der Waals surface area contributed by atoms with Crippen molar-refractivity contribution in [2.45, 2.75) is 13.8 Å². The molecule has 0 atom stereocenters. The number of aromatic nitrogens is 5. The Labute approximate surface area is 158 Å². The molecule has 0 radical (unpaired) electrons. The van der Waals surface area contributed by atoms with Gasteiger partial charge in [0.05, 0.1) is 17.1 Å². The molecular formula is C19H13F2N7. The highest BCUT2D eigenvalue weighted by molar-refractivity contribution is 5.91. The molecule has 3 heterocycles. The van der Waals surface area contributed by atoms with Gasteiger partial charge in [0, 0.05) is 18.0 Å². The van der Waals surface area contributed by atoms with Gasteiger partial charge in [-0.1, -0.05) is 6.07 Å². The second-order valence-corrected chi connectivity index (χ2v) is 6.11. The van der Waals surface area contributed by atoms with Crippen LogP contribution in [0.4, 0.5) is 20.4 Å². The van der Waals surface area contributed by atoms with Crippen molar-refractivity contribution in [3.63, 3.8) is 0 Å². The van der Waals surface area contributed by atoms with E-state index in [1.54, 1.807) is 13.0 Å². The molecule has 1 aromatic carbocycles. The number of hydrogen-bond acceptors (Lipinski definition) is 6. The summed E-state index contributed by atoms with van der Waals surface area (Å²) in [5, 5.41) is 16.7. The van der Waals surface area contributed by atoms with Crippen molar-refractivity contribution < 1.29 is 8.78 Å². The number of nitriles is 1. The number of nitrogens with zero attached hydrogens (tertiary/aromatic N) is 6. The number of hydrogen-bond donors (Lipinski definition) is 1. The van der Waals surface area contributed by atoms with Gasteiger partial charge in [-0.15, -0.1) is 0 Å². The van der Waals surface area contributed by atoms with Crippen LogP contribution >= 0.6 is 0 Å². The van der Waals surface area contributed by atoms with Crippen LogP contribution < -0.4 is 5.32 Å². The van der Waals surface area contributed by atoms with Crippen molar-refractivity contribution in [2.75, 3.05) is 5.32 Å². The van der Waals surface area contributed by atoms with E-state index in [9.17, 15) is 14.0 Å². The molecule has 0 amide bonds. The predicted molar refractivity (Wildman–Crippen MR) is 98.3 cm³/mol. The fourth-order valence-electron chi connectivity index (χ4n) is 2.93. The molecule has 0 aliphatic carbocycles.